The lowest BCUT2D eigenvalue weighted by Gasteiger charge is -2.23. The number of sulfonamides is 1. The third kappa shape index (κ3) is 4.46. The van der Waals surface area contributed by atoms with Gasteiger partial charge >= 0.3 is 5.97 Å². The molecule has 7 heteroatoms. The Morgan fingerprint density at radius 3 is 2.13 bits per heavy atom. The number of carbonyl (C=O) groups is 1. The lowest BCUT2D eigenvalue weighted by molar-refractivity contribution is 0.0695. The first-order valence-corrected chi connectivity index (χ1v) is 11.0. The van der Waals surface area contributed by atoms with Crippen LogP contribution in [-0.4, -0.2) is 26.0 Å². The Hall–Kier alpha value is -3.32. The van der Waals surface area contributed by atoms with Gasteiger partial charge in [0.25, 0.3) is 10.0 Å². The van der Waals surface area contributed by atoms with Crippen LogP contribution in [0, 0.1) is 0 Å². The van der Waals surface area contributed by atoms with Crippen LogP contribution < -0.4 is 9.04 Å². The molecule has 3 rings (SSSR count). The fourth-order valence-electron chi connectivity index (χ4n) is 3.15. The predicted molar refractivity (Wildman–Crippen MR) is 116 cm³/mol. The molecule has 6 nitrogen and oxygen atoms in total. The molecule has 0 bridgehead atoms. The molecule has 0 saturated carbocycles. The minimum absolute atomic E-state index is 0.00115. The van der Waals surface area contributed by atoms with Crippen LogP contribution in [0.3, 0.4) is 0 Å². The van der Waals surface area contributed by atoms with Crippen molar-refractivity contribution in [2.24, 2.45) is 0 Å². The standard InChI is InChI=1S/C23H23NO5S/c1-3-17-10-15-21(16-22(17)23(25)26)30(27,28)24(4-2)18-11-13-20(14-12-18)29-19-8-6-5-7-9-19/h5-16H,3-4H2,1-2H3,(H,25,26). The van der Waals surface area contributed by atoms with Gasteiger partial charge in [0.15, 0.2) is 0 Å². The monoisotopic (exact) mass is 425 g/mol. The number of aryl methyl sites for hydroxylation is 1. The molecule has 0 aliphatic rings. The molecule has 0 fully saturated rings. The lowest BCUT2D eigenvalue weighted by Crippen LogP contribution is -2.31. The smallest absolute Gasteiger partial charge is 0.336 e. The first kappa shape index (κ1) is 21.4. The molecule has 1 N–H and O–H groups in total. The number of carboxylic acids is 1. The van der Waals surface area contributed by atoms with Crippen LogP contribution in [0.25, 0.3) is 0 Å². The van der Waals surface area contributed by atoms with Gasteiger partial charge in [-0.1, -0.05) is 31.2 Å². The highest BCUT2D eigenvalue weighted by Gasteiger charge is 2.25. The zero-order valence-corrected chi connectivity index (χ0v) is 17.6. The van der Waals surface area contributed by atoms with E-state index >= 15 is 0 Å². The van der Waals surface area contributed by atoms with Crippen LogP contribution in [0.2, 0.25) is 0 Å². The van der Waals surface area contributed by atoms with E-state index in [1.807, 2.05) is 37.3 Å². The third-order valence-electron chi connectivity index (χ3n) is 4.67. The number of anilines is 1. The van der Waals surface area contributed by atoms with Crippen LogP contribution in [-0.2, 0) is 16.4 Å². The molecule has 0 aromatic heterocycles. The molecule has 3 aromatic rings. The van der Waals surface area contributed by atoms with Crippen molar-refractivity contribution in [2.45, 2.75) is 25.2 Å². The molecule has 0 spiro atoms. The second-order valence-corrected chi connectivity index (χ2v) is 8.42. The molecule has 156 valence electrons. The number of para-hydroxylation sites is 1. The molecule has 3 aromatic carbocycles. The van der Waals surface area contributed by atoms with Crippen molar-refractivity contribution in [3.63, 3.8) is 0 Å². The highest BCUT2D eigenvalue weighted by Crippen LogP contribution is 2.28. The number of aromatic carboxylic acids is 1. The van der Waals surface area contributed by atoms with E-state index in [4.69, 9.17) is 4.74 Å². The quantitative estimate of drug-likeness (QED) is 0.552. The van der Waals surface area contributed by atoms with E-state index in [1.165, 1.54) is 16.4 Å². The number of ether oxygens (including phenoxy) is 1. The summed E-state index contributed by atoms with van der Waals surface area (Å²) >= 11 is 0. The molecule has 0 amide bonds. The summed E-state index contributed by atoms with van der Waals surface area (Å²) in [6, 6.07) is 20.2. The van der Waals surface area contributed by atoms with Gasteiger partial charge in [-0.3, -0.25) is 4.31 Å². The second-order valence-electron chi connectivity index (χ2n) is 6.56. The van der Waals surface area contributed by atoms with Crippen molar-refractivity contribution >= 4 is 21.7 Å². The van der Waals surface area contributed by atoms with Gasteiger partial charge in [0.1, 0.15) is 11.5 Å². The fourth-order valence-corrected chi connectivity index (χ4v) is 4.65. The largest absolute Gasteiger partial charge is 0.478 e. The fraction of sp³-hybridized carbons (Fsp3) is 0.174. The number of nitrogens with zero attached hydrogens (tertiary/aromatic N) is 1. The Morgan fingerprint density at radius 2 is 1.57 bits per heavy atom. The van der Waals surface area contributed by atoms with Crippen molar-refractivity contribution in [3.05, 3.63) is 83.9 Å². The number of carboxylic acid groups (broad SMARTS) is 1. The average molecular weight is 426 g/mol. The minimum Gasteiger partial charge on any atom is -0.478 e. The molecule has 0 aliphatic carbocycles. The van der Waals surface area contributed by atoms with Gasteiger partial charge in [0, 0.05) is 6.54 Å². The molecule has 0 aliphatic heterocycles. The first-order chi connectivity index (χ1) is 14.4. The van der Waals surface area contributed by atoms with Crippen molar-refractivity contribution in [3.8, 4) is 11.5 Å². The van der Waals surface area contributed by atoms with Crippen molar-refractivity contribution in [1.29, 1.82) is 0 Å². The van der Waals surface area contributed by atoms with Crippen LogP contribution in [0.4, 0.5) is 5.69 Å². The molecule has 0 radical (unpaired) electrons. The predicted octanol–water partition coefficient (Wildman–Crippen LogP) is 4.95. The molecular formula is C23H23NO5S. The zero-order valence-electron chi connectivity index (χ0n) is 16.8. The number of hydrogen-bond acceptors (Lipinski definition) is 4. The Labute approximate surface area is 176 Å². The maximum atomic E-state index is 13.2. The van der Waals surface area contributed by atoms with Gasteiger partial charge in [0.05, 0.1) is 16.1 Å². The van der Waals surface area contributed by atoms with Crippen LogP contribution in [0.5, 0.6) is 11.5 Å². The Kier molecular flexibility index (Phi) is 6.42. The highest BCUT2D eigenvalue weighted by molar-refractivity contribution is 7.92. The summed E-state index contributed by atoms with van der Waals surface area (Å²) in [7, 11) is -3.93. The van der Waals surface area contributed by atoms with Gasteiger partial charge in [-0.25, -0.2) is 13.2 Å². The summed E-state index contributed by atoms with van der Waals surface area (Å²) in [6.45, 7) is 3.75. The normalized spacial score (nSPS) is 11.1. The molecule has 0 heterocycles. The van der Waals surface area contributed by atoms with Gasteiger partial charge in [-0.15, -0.1) is 0 Å². The Morgan fingerprint density at radius 1 is 0.933 bits per heavy atom. The van der Waals surface area contributed by atoms with Gasteiger partial charge in [0.2, 0.25) is 0 Å². The molecule has 0 unspecified atom stereocenters. The molecule has 30 heavy (non-hydrogen) atoms. The molecular weight excluding hydrogens is 402 g/mol. The van der Waals surface area contributed by atoms with E-state index in [2.05, 4.69) is 0 Å². The van der Waals surface area contributed by atoms with Gasteiger partial charge < -0.3 is 9.84 Å². The van der Waals surface area contributed by atoms with E-state index in [9.17, 15) is 18.3 Å². The SMILES string of the molecule is CCc1ccc(S(=O)(=O)N(CC)c2ccc(Oc3ccccc3)cc2)cc1C(=O)O. The first-order valence-electron chi connectivity index (χ1n) is 9.58. The summed E-state index contributed by atoms with van der Waals surface area (Å²) in [6.07, 6.45) is 0.502. The van der Waals surface area contributed by atoms with Crippen molar-refractivity contribution in [1.82, 2.24) is 0 Å². The summed E-state index contributed by atoms with van der Waals surface area (Å²) in [5, 5.41) is 9.43. The third-order valence-corrected chi connectivity index (χ3v) is 6.57. The van der Waals surface area contributed by atoms with E-state index in [-0.39, 0.29) is 17.0 Å². The van der Waals surface area contributed by atoms with Crippen LogP contribution in [0.1, 0.15) is 29.8 Å². The summed E-state index contributed by atoms with van der Waals surface area (Å²) in [4.78, 5) is 11.5. The van der Waals surface area contributed by atoms with Crippen molar-refractivity contribution in [2.75, 3.05) is 10.8 Å². The topological polar surface area (TPSA) is 83.9 Å². The maximum Gasteiger partial charge on any atom is 0.336 e. The lowest BCUT2D eigenvalue weighted by atomic mass is 10.1. The summed E-state index contributed by atoms with van der Waals surface area (Å²) < 4.78 is 33.4. The zero-order chi connectivity index (χ0) is 21.7. The number of rotatable bonds is 8. The average Bonchev–Trinajstić information content (AvgIpc) is 2.75. The molecule has 0 saturated heterocycles. The van der Waals surface area contributed by atoms with E-state index in [0.29, 0.717) is 29.2 Å². The van der Waals surface area contributed by atoms with Gasteiger partial charge in [-0.2, -0.15) is 0 Å². The number of hydrogen-bond donors (Lipinski definition) is 1. The minimum atomic E-state index is -3.93. The Bertz CT molecular complexity index is 1130. The summed E-state index contributed by atoms with van der Waals surface area (Å²) in [5.41, 5.74) is 1.06. The van der Waals surface area contributed by atoms with Crippen molar-refractivity contribution < 1.29 is 23.1 Å². The maximum absolute atomic E-state index is 13.2. The van der Waals surface area contributed by atoms with E-state index in [1.54, 1.807) is 37.3 Å². The highest BCUT2D eigenvalue weighted by atomic mass is 32.2. The van der Waals surface area contributed by atoms with Crippen LogP contribution >= 0.6 is 0 Å². The van der Waals surface area contributed by atoms with Gasteiger partial charge in [-0.05, 0) is 67.4 Å². The Balaban J connectivity index is 1.91. The summed E-state index contributed by atoms with van der Waals surface area (Å²) in [5.74, 6) is 0.121. The number of benzene rings is 3. The van der Waals surface area contributed by atoms with Crippen LogP contribution in [0.15, 0.2) is 77.7 Å². The van der Waals surface area contributed by atoms with E-state index < -0.39 is 16.0 Å². The molecule has 0 atom stereocenters. The second kappa shape index (κ2) is 9.00. The van der Waals surface area contributed by atoms with E-state index in [0.717, 1.165) is 0 Å².